The molecule has 1 aromatic heterocycles. The number of halogens is 1. The summed E-state index contributed by atoms with van der Waals surface area (Å²) in [6.07, 6.45) is 3.58. The van der Waals surface area contributed by atoms with Crippen molar-refractivity contribution in [1.29, 1.82) is 0 Å². The molecule has 3 heteroatoms. The lowest BCUT2D eigenvalue weighted by Crippen LogP contribution is -2.11. The van der Waals surface area contributed by atoms with E-state index in [0.29, 0.717) is 5.56 Å². The molecule has 16 heavy (non-hydrogen) atoms. The predicted octanol–water partition coefficient (Wildman–Crippen LogP) is 3.29. The lowest BCUT2D eigenvalue weighted by molar-refractivity contribution is 0.222. The third kappa shape index (κ3) is 1.85. The van der Waals surface area contributed by atoms with Crippen molar-refractivity contribution >= 4 is 0 Å². The van der Waals surface area contributed by atoms with Crippen LogP contribution in [0.25, 0.3) is 11.4 Å². The number of aromatic nitrogens is 2. The molecule has 0 N–H and O–H groups in total. The minimum absolute atomic E-state index is 0.671. The molecule has 0 bridgehead atoms. The number of nitrogens with zero attached hydrogens (tertiary/aromatic N) is 2. The number of benzene rings is 1. The summed E-state index contributed by atoms with van der Waals surface area (Å²) in [4.78, 5) is 4.26. The van der Waals surface area contributed by atoms with E-state index in [0.717, 1.165) is 11.4 Å². The van der Waals surface area contributed by atoms with Crippen LogP contribution < -0.4 is 0 Å². The predicted molar refractivity (Wildman–Crippen MR) is 62.8 cm³/mol. The molecule has 2 rings (SSSR count). The van der Waals surface area contributed by atoms with Gasteiger partial charge < -0.3 is 4.57 Å². The Kier molecular flexibility index (Phi) is 2.54. The third-order valence-electron chi connectivity index (χ3n) is 2.63. The highest BCUT2D eigenvalue weighted by Crippen LogP contribution is 2.32. The first-order chi connectivity index (χ1) is 7.50. The van der Waals surface area contributed by atoms with Gasteiger partial charge in [-0.1, -0.05) is 24.3 Å². The molecule has 0 unspecified atom stereocenters. The van der Waals surface area contributed by atoms with Crippen LogP contribution >= 0.6 is 0 Å². The Hall–Kier alpha value is -1.64. The monoisotopic (exact) mass is 218 g/mol. The highest BCUT2D eigenvalue weighted by Gasteiger charge is 2.23. The maximum atomic E-state index is 14.1. The van der Waals surface area contributed by atoms with E-state index in [1.54, 1.807) is 20.0 Å². The topological polar surface area (TPSA) is 17.8 Å². The van der Waals surface area contributed by atoms with Crippen LogP contribution in [0.1, 0.15) is 19.4 Å². The van der Waals surface area contributed by atoms with Gasteiger partial charge in [-0.05, 0) is 19.4 Å². The summed E-state index contributed by atoms with van der Waals surface area (Å²) in [7, 11) is 1.91. The third-order valence-corrected chi connectivity index (χ3v) is 2.63. The molecular weight excluding hydrogens is 203 g/mol. The van der Waals surface area contributed by atoms with Crippen LogP contribution in [0.2, 0.25) is 0 Å². The van der Waals surface area contributed by atoms with Crippen molar-refractivity contribution in [3.63, 3.8) is 0 Å². The van der Waals surface area contributed by atoms with Gasteiger partial charge in [-0.15, -0.1) is 0 Å². The van der Waals surface area contributed by atoms with Crippen LogP contribution in [-0.2, 0) is 12.7 Å². The molecule has 0 saturated carbocycles. The summed E-state index contributed by atoms with van der Waals surface area (Å²) in [5, 5.41) is 0. The summed E-state index contributed by atoms with van der Waals surface area (Å²) < 4.78 is 16.0. The van der Waals surface area contributed by atoms with E-state index in [1.807, 2.05) is 42.1 Å². The largest absolute Gasteiger partial charge is 0.334 e. The van der Waals surface area contributed by atoms with Crippen molar-refractivity contribution in [1.82, 2.24) is 9.55 Å². The highest BCUT2D eigenvalue weighted by atomic mass is 19.1. The zero-order valence-electron chi connectivity index (χ0n) is 9.74. The van der Waals surface area contributed by atoms with E-state index in [2.05, 4.69) is 4.98 Å². The number of aryl methyl sites for hydroxylation is 1. The maximum absolute atomic E-state index is 14.1. The van der Waals surface area contributed by atoms with Gasteiger partial charge in [0.15, 0.2) is 0 Å². The Labute approximate surface area is 94.8 Å². The maximum Gasteiger partial charge on any atom is 0.140 e. The first-order valence-corrected chi connectivity index (χ1v) is 5.26. The van der Waals surface area contributed by atoms with E-state index < -0.39 is 5.67 Å². The van der Waals surface area contributed by atoms with Crippen LogP contribution in [-0.4, -0.2) is 9.55 Å². The normalized spacial score (nSPS) is 11.8. The van der Waals surface area contributed by atoms with Crippen molar-refractivity contribution in [2.24, 2.45) is 7.05 Å². The molecule has 0 amide bonds. The minimum atomic E-state index is -1.36. The van der Waals surface area contributed by atoms with Gasteiger partial charge in [0.1, 0.15) is 11.5 Å². The fraction of sp³-hybridized carbons (Fsp3) is 0.308. The Morgan fingerprint density at radius 3 is 2.50 bits per heavy atom. The smallest absolute Gasteiger partial charge is 0.140 e. The first kappa shape index (κ1) is 10.9. The summed E-state index contributed by atoms with van der Waals surface area (Å²) in [6.45, 7) is 3.13. The van der Waals surface area contributed by atoms with Crippen molar-refractivity contribution in [2.75, 3.05) is 0 Å². The summed E-state index contributed by atoms with van der Waals surface area (Å²) in [6, 6.07) is 7.46. The van der Waals surface area contributed by atoms with Crippen LogP contribution in [0, 0.1) is 0 Å². The second-order valence-electron chi connectivity index (χ2n) is 4.38. The lowest BCUT2D eigenvalue weighted by Gasteiger charge is -2.18. The van der Waals surface area contributed by atoms with Crippen molar-refractivity contribution < 1.29 is 4.39 Å². The molecule has 0 fully saturated rings. The van der Waals surface area contributed by atoms with Crippen LogP contribution in [0.15, 0.2) is 36.7 Å². The van der Waals surface area contributed by atoms with Crippen LogP contribution in [0.3, 0.4) is 0 Å². The Morgan fingerprint density at radius 1 is 1.25 bits per heavy atom. The van der Waals surface area contributed by atoms with Gasteiger partial charge in [0.2, 0.25) is 0 Å². The van der Waals surface area contributed by atoms with Crippen molar-refractivity contribution in [3.05, 3.63) is 42.2 Å². The summed E-state index contributed by atoms with van der Waals surface area (Å²) in [5.41, 5.74) is 0.162. The second kappa shape index (κ2) is 3.74. The second-order valence-corrected chi connectivity index (χ2v) is 4.38. The number of hydrogen-bond acceptors (Lipinski definition) is 1. The Balaban J connectivity index is 2.62. The van der Waals surface area contributed by atoms with E-state index >= 15 is 0 Å². The van der Waals surface area contributed by atoms with E-state index in [-0.39, 0.29) is 0 Å². The average molecular weight is 218 g/mol. The molecule has 84 valence electrons. The van der Waals surface area contributed by atoms with Gasteiger partial charge in [-0.3, -0.25) is 0 Å². The Bertz CT molecular complexity index is 495. The molecule has 0 atom stereocenters. The van der Waals surface area contributed by atoms with Gasteiger partial charge in [0.05, 0.1) is 0 Å². The fourth-order valence-corrected chi connectivity index (χ4v) is 1.82. The van der Waals surface area contributed by atoms with Gasteiger partial charge >= 0.3 is 0 Å². The number of hydrogen-bond donors (Lipinski definition) is 0. The number of imidazole rings is 1. The molecule has 2 nitrogen and oxygen atoms in total. The molecule has 0 aliphatic rings. The van der Waals surface area contributed by atoms with E-state index in [1.165, 1.54) is 0 Å². The zero-order valence-corrected chi connectivity index (χ0v) is 9.74. The molecule has 0 radical (unpaired) electrons. The van der Waals surface area contributed by atoms with Crippen LogP contribution in [0.4, 0.5) is 4.39 Å². The van der Waals surface area contributed by atoms with E-state index in [9.17, 15) is 4.39 Å². The minimum Gasteiger partial charge on any atom is -0.334 e. The number of alkyl halides is 1. The van der Waals surface area contributed by atoms with Crippen molar-refractivity contribution in [2.45, 2.75) is 19.5 Å². The zero-order chi connectivity index (χ0) is 11.8. The van der Waals surface area contributed by atoms with Crippen molar-refractivity contribution in [3.8, 4) is 11.4 Å². The van der Waals surface area contributed by atoms with Gasteiger partial charge in [0.25, 0.3) is 0 Å². The summed E-state index contributed by atoms with van der Waals surface area (Å²) in [5.74, 6) is 0.793. The van der Waals surface area contributed by atoms with Gasteiger partial charge in [-0.25, -0.2) is 9.37 Å². The molecule has 1 aromatic carbocycles. The molecule has 0 aliphatic heterocycles. The first-order valence-electron chi connectivity index (χ1n) is 5.26. The molecule has 0 aliphatic carbocycles. The lowest BCUT2D eigenvalue weighted by atomic mass is 9.94. The fourth-order valence-electron chi connectivity index (χ4n) is 1.82. The number of rotatable bonds is 2. The molecule has 1 heterocycles. The van der Waals surface area contributed by atoms with Gasteiger partial charge in [-0.2, -0.15) is 0 Å². The molecular formula is C13H15FN2. The Morgan fingerprint density at radius 2 is 1.94 bits per heavy atom. The van der Waals surface area contributed by atoms with Crippen LogP contribution in [0.5, 0.6) is 0 Å². The average Bonchev–Trinajstić information content (AvgIpc) is 2.63. The summed E-state index contributed by atoms with van der Waals surface area (Å²) >= 11 is 0. The SMILES string of the molecule is Cn1ccnc1-c1ccccc1C(C)(C)F. The quantitative estimate of drug-likeness (QED) is 0.756. The standard InChI is InChI=1S/C13H15FN2/c1-13(2,14)11-7-5-4-6-10(11)12-15-8-9-16(12)3/h4-9H,1-3H3. The molecule has 0 saturated heterocycles. The molecule has 0 spiro atoms. The van der Waals surface area contributed by atoms with E-state index in [4.69, 9.17) is 0 Å². The molecule has 2 aromatic rings. The van der Waals surface area contributed by atoms with Gasteiger partial charge in [0, 0.05) is 25.0 Å². The highest BCUT2D eigenvalue weighted by molar-refractivity contribution is 5.62.